The third-order valence-electron chi connectivity index (χ3n) is 2.88. The van der Waals surface area contributed by atoms with Crippen molar-refractivity contribution in [3.63, 3.8) is 0 Å². The smallest absolute Gasteiger partial charge is 0.319 e. The molecule has 1 heterocycles. The van der Waals surface area contributed by atoms with Crippen LogP contribution in [0.3, 0.4) is 0 Å². The zero-order valence-electron chi connectivity index (χ0n) is 10.2. The van der Waals surface area contributed by atoms with Gasteiger partial charge in [-0.2, -0.15) is 0 Å². The summed E-state index contributed by atoms with van der Waals surface area (Å²) in [5.74, 6) is -0.582. The van der Waals surface area contributed by atoms with Crippen molar-refractivity contribution in [2.75, 3.05) is 11.9 Å². The van der Waals surface area contributed by atoms with Gasteiger partial charge in [-0.05, 0) is 19.1 Å². The van der Waals surface area contributed by atoms with E-state index in [1.807, 2.05) is 0 Å². The van der Waals surface area contributed by atoms with Gasteiger partial charge in [0.2, 0.25) is 5.91 Å². The van der Waals surface area contributed by atoms with Gasteiger partial charge in [0, 0.05) is 23.0 Å². The normalized spacial score (nSPS) is 18.1. The maximum atomic E-state index is 13.9. The zero-order chi connectivity index (χ0) is 14.0. The molecule has 1 saturated heterocycles. The Hall–Kier alpha value is -1.63. The molecule has 3 N–H and O–H groups in total. The summed E-state index contributed by atoms with van der Waals surface area (Å²) in [7, 11) is 0. The van der Waals surface area contributed by atoms with Crippen molar-refractivity contribution < 1.29 is 14.0 Å². The monoisotopic (exact) mass is 329 g/mol. The fourth-order valence-corrected chi connectivity index (χ4v) is 2.12. The minimum atomic E-state index is -0.526. The third kappa shape index (κ3) is 3.23. The molecule has 0 unspecified atom stereocenters. The molecular formula is C12H13BrFN3O2. The van der Waals surface area contributed by atoms with Crippen molar-refractivity contribution >= 4 is 33.6 Å². The van der Waals surface area contributed by atoms with E-state index in [1.54, 1.807) is 13.0 Å². The lowest BCUT2D eigenvalue weighted by atomic mass is 10.2. The average molecular weight is 330 g/mol. The number of hydrogen-bond donors (Lipinski definition) is 3. The number of carbonyl (C=O) groups excluding carboxylic acids is 2. The van der Waals surface area contributed by atoms with E-state index in [9.17, 15) is 14.0 Å². The fraction of sp³-hybridized carbons (Fsp3) is 0.333. The lowest BCUT2D eigenvalue weighted by Gasteiger charge is -2.13. The number of halogens is 2. The van der Waals surface area contributed by atoms with Gasteiger partial charge in [0.25, 0.3) is 0 Å². The summed E-state index contributed by atoms with van der Waals surface area (Å²) in [4.78, 5) is 22.7. The van der Waals surface area contributed by atoms with Gasteiger partial charge in [-0.1, -0.05) is 15.9 Å². The van der Waals surface area contributed by atoms with Gasteiger partial charge in [-0.15, -0.1) is 0 Å². The topological polar surface area (TPSA) is 70.2 Å². The van der Waals surface area contributed by atoms with E-state index in [1.165, 1.54) is 6.07 Å². The molecule has 0 aliphatic carbocycles. The van der Waals surface area contributed by atoms with E-state index in [-0.39, 0.29) is 24.1 Å². The van der Waals surface area contributed by atoms with Crippen LogP contribution in [0.25, 0.3) is 0 Å². The van der Waals surface area contributed by atoms with Crippen molar-refractivity contribution in [2.45, 2.75) is 19.4 Å². The van der Waals surface area contributed by atoms with Crippen molar-refractivity contribution in [1.29, 1.82) is 0 Å². The molecule has 1 aliphatic rings. The fourth-order valence-electron chi connectivity index (χ4n) is 1.81. The van der Waals surface area contributed by atoms with Gasteiger partial charge >= 0.3 is 6.03 Å². The van der Waals surface area contributed by atoms with E-state index in [0.717, 1.165) is 0 Å². The predicted molar refractivity (Wildman–Crippen MR) is 72.4 cm³/mol. The van der Waals surface area contributed by atoms with Crippen molar-refractivity contribution in [2.24, 2.45) is 0 Å². The third-order valence-corrected chi connectivity index (χ3v) is 3.74. The molecule has 0 aromatic heterocycles. The van der Waals surface area contributed by atoms with Crippen LogP contribution in [0, 0.1) is 12.7 Å². The Morgan fingerprint density at radius 1 is 1.53 bits per heavy atom. The molecule has 0 spiro atoms. The number of nitrogens with one attached hydrogen (secondary N) is 3. The Kier molecular flexibility index (Phi) is 4.04. The Bertz CT molecular complexity index is 536. The largest absolute Gasteiger partial charge is 0.354 e. The molecule has 0 saturated carbocycles. The van der Waals surface area contributed by atoms with E-state index >= 15 is 0 Å². The second-order valence-electron chi connectivity index (χ2n) is 4.34. The first kappa shape index (κ1) is 13.8. The Balaban J connectivity index is 1.99. The van der Waals surface area contributed by atoms with Crippen LogP contribution >= 0.6 is 15.9 Å². The molecule has 1 aliphatic heterocycles. The molecule has 1 aromatic rings. The van der Waals surface area contributed by atoms with Gasteiger partial charge in [-0.3, -0.25) is 4.79 Å². The first-order chi connectivity index (χ1) is 8.97. The van der Waals surface area contributed by atoms with Crippen LogP contribution in [0.5, 0.6) is 0 Å². The van der Waals surface area contributed by atoms with Gasteiger partial charge in [0.05, 0.1) is 11.7 Å². The summed E-state index contributed by atoms with van der Waals surface area (Å²) in [6.07, 6.45) is 0.245. The minimum Gasteiger partial charge on any atom is -0.354 e. The molecule has 0 bridgehead atoms. The number of carbonyl (C=O) groups is 2. The maximum absolute atomic E-state index is 13.9. The highest BCUT2D eigenvalue weighted by Gasteiger charge is 2.23. The number of rotatable bonds is 2. The Morgan fingerprint density at radius 3 is 2.89 bits per heavy atom. The minimum absolute atomic E-state index is 0.101. The van der Waals surface area contributed by atoms with Gasteiger partial charge < -0.3 is 16.0 Å². The summed E-state index contributed by atoms with van der Waals surface area (Å²) in [6, 6.07) is 2.35. The summed E-state index contributed by atoms with van der Waals surface area (Å²) in [5.41, 5.74) is 0.533. The first-order valence-corrected chi connectivity index (χ1v) is 6.55. The van der Waals surface area contributed by atoms with Crippen LogP contribution in [0.1, 0.15) is 12.0 Å². The summed E-state index contributed by atoms with van der Waals surface area (Å²) in [5, 5.41) is 7.65. The molecule has 2 rings (SSSR count). The molecular weight excluding hydrogens is 317 g/mol. The number of hydrogen-bond acceptors (Lipinski definition) is 2. The van der Waals surface area contributed by atoms with E-state index in [0.29, 0.717) is 16.6 Å². The maximum Gasteiger partial charge on any atom is 0.319 e. The molecule has 19 heavy (non-hydrogen) atoms. The molecule has 5 nitrogen and oxygen atoms in total. The quantitative estimate of drug-likeness (QED) is 0.775. The highest BCUT2D eigenvalue weighted by Crippen LogP contribution is 2.24. The number of anilines is 1. The summed E-state index contributed by atoms with van der Waals surface area (Å²) in [6.45, 7) is 2.01. The van der Waals surface area contributed by atoms with E-state index in [4.69, 9.17) is 0 Å². The van der Waals surface area contributed by atoms with Crippen LogP contribution in [-0.2, 0) is 4.79 Å². The highest BCUT2D eigenvalue weighted by atomic mass is 79.9. The lowest BCUT2D eigenvalue weighted by molar-refractivity contribution is -0.119. The molecule has 1 atom stereocenters. The van der Waals surface area contributed by atoms with E-state index < -0.39 is 11.8 Å². The average Bonchev–Trinajstić information content (AvgIpc) is 2.75. The molecule has 102 valence electrons. The number of urea groups is 1. The summed E-state index contributed by atoms with van der Waals surface area (Å²) < 4.78 is 14.5. The van der Waals surface area contributed by atoms with Crippen LogP contribution in [-0.4, -0.2) is 24.5 Å². The van der Waals surface area contributed by atoms with Crippen LogP contribution in [0.2, 0.25) is 0 Å². The Labute approximate surface area is 118 Å². The number of benzene rings is 1. The van der Waals surface area contributed by atoms with Gasteiger partial charge in [-0.25, -0.2) is 9.18 Å². The molecule has 0 radical (unpaired) electrons. The van der Waals surface area contributed by atoms with Gasteiger partial charge in [0.15, 0.2) is 5.82 Å². The zero-order valence-corrected chi connectivity index (χ0v) is 11.8. The molecule has 1 fully saturated rings. The SMILES string of the molecule is Cc1c(Br)ccc(NC(=O)N[C@@H]2CNC(=O)C2)c1F. The molecule has 1 aromatic carbocycles. The van der Waals surface area contributed by atoms with Crippen LogP contribution < -0.4 is 16.0 Å². The van der Waals surface area contributed by atoms with Crippen LogP contribution in [0.4, 0.5) is 14.9 Å². The van der Waals surface area contributed by atoms with Crippen molar-refractivity contribution in [3.05, 3.63) is 28.0 Å². The number of amides is 3. The molecule has 3 amide bonds. The second kappa shape index (κ2) is 5.56. The predicted octanol–water partition coefficient (Wildman–Crippen LogP) is 1.91. The van der Waals surface area contributed by atoms with Crippen LogP contribution in [0.15, 0.2) is 16.6 Å². The van der Waals surface area contributed by atoms with Gasteiger partial charge in [0.1, 0.15) is 0 Å². The van der Waals surface area contributed by atoms with E-state index in [2.05, 4.69) is 31.9 Å². The second-order valence-corrected chi connectivity index (χ2v) is 5.19. The standard InChI is InChI=1S/C12H13BrFN3O2/c1-6-8(13)2-3-9(11(6)14)17-12(19)16-7-4-10(18)15-5-7/h2-3,7H,4-5H2,1H3,(H,15,18)(H2,16,17,19)/t7-/m0/s1. The molecule has 7 heteroatoms. The lowest BCUT2D eigenvalue weighted by Crippen LogP contribution is -2.39. The summed E-state index contributed by atoms with van der Waals surface area (Å²) >= 11 is 3.21. The first-order valence-electron chi connectivity index (χ1n) is 5.76. The Morgan fingerprint density at radius 2 is 2.26 bits per heavy atom. The highest BCUT2D eigenvalue weighted by molar-refractivity contribution is 9.10. The van der Waals surface area contributed by atoms with Crippen molar-refractivity contribution in [3.8, 4) is 0 Å². The van der Waals surface area contributed by atoms with Crippen molar-refractivity contribution in [1.82, 2.24) is 10.6 Å².